The third kappa shape index (κ3) is 5.44. The quantitative estimate of drug-likeness (QED) is 0.140. The van der Waals surface area contributed by atoms with Crippen LogP contribution in [0.1, 0.15) is 6.92 Å². The minimum atomic E-state index is -1.88. The summed E-state index contributed by atoms with van der Waals surface area (Å²) in [5.41, 5.74) is -1.56. The first kappa shape index (κ1) is 30.7. The third-order valence-electron chi connectivity index (χ3n) is 7.35. The Hall–Kier alpha value is -3.71. The number of aliphatic hydroxyl groups is 6. The van der Waals surface area contributed by atoms with Crippen molar-refractivity contribution in [1.82, 2.24) is 0 Å². The molecule has 43 heavy (non-hydrogen) atoms. The van der Waals surface area contributed by atoms with Crippen molar-refractivity contribution in [2.24, 2.45) is 0 Å². The molecule has 0 radical (unpaired) electrons. The van der Waals surface area contributed by atoms with Crippen LogP contribution in [-0.4, -0.2) is 119 Å². The first-order valence-corrected chi connectivity index (χ1v) is 13.0. The lowest BCUT2D eigenvalue weighted by atomic mass is 9.97. The second kappa shape index (κ2) is 11.8. The number of fused-ring (bicyclic) bond motifs is 1. The Labute approximate surface area is 241 Å². The summed E-state index contributed by atoms with van der Waals surface area (Å²) >= 11 is 0. The van der Waals surface area contributed by atoms with Gasteiger partial charge in [0.1, 0.15) is 59.6 Å². The van der Waals surface area contributed by atoms with E-state index in [2.05, 4.69) is 0 Å². The first-order valence-electron chi connectivity index (χ1n) is 13.0. The van der Waals surface area contributed by atoms with Crippen LogP contribution in [0.15, 0.2) is 39.5 Å². The smallest absolute Gasteiger partial charge is 0.238 e. The highest BCUT2D eigenvalue weighted by Gasteiger charge is 2.50. The van der Waals surface area contributed by atoms with Crippen molar-refractivity contribution in [2.45, 2.75) is 68.3 Å². The van der Waals surface area contributed by atoms with E-state index in [0.29, 0.717) is 0 Å². The van der Waals surface area contributed by atoms with Gasteiger partial charge in [-0.3, -0.25) is 4.79 Å². The number of benzene rings is 2. The number of hydrogen-bond acceptors (Lipinski definition) is 16. The molecule has 3 heterocycles. The highest BCUT2D eigenvalue weighted by Crippen LogP contribution is 2.43. The van der Waals surface area contributed by atoms with Gasteiger partial charge in [-0.25, -0.2) is 0 Å². The van der Waals surface area contributed by atoms with Crippen molar-refractivity contribution in [1.29, 1.82) is 0 Å². The van der Waals surface area contributed by atoms with Gasteiger partial charge in [-0.1, -0.05) is 0 Å². The molecule has 0 aliphatic carbocycles. The van der Waals surface area contributed by atoms with Gasteiger partial charge in [-0.2, -0.15) is 0 Å². The zero-order chi connectivity index (χ0) is 31.3. The summed E-state index contributed by atoms with van der Waals surface area (Å²) in [7, 11) is 0. The van der Waals surface area contributed by atoms with Crippen LogP contribution in [0, 0.1) is 0 Å². The molecule has 2 aliphatic heterocycles. The van der Waals surface area contributed by atoms with Crippen molar-refractivity contribution in [3.63, 3.8) is 0 Å². The predicted octanol–water partition coefficient (Wildman–Crippen LogP) is -1.69. The lowest BCUT2D eigenvalue weighted by Crippen LogP contribution is -2.64. The summed E-state index contributed by atoms with van der Waals surface area (Å²) in [5, 5.41) is 102. The summed E-state index contributed by atoms with van der Waals surface area (Å²) in [5.74, 6) is -3.58. The number of ether oxygens (including phenoxy) is 4. The number of aromatic hydroxyl groups is 4. The fraction of sp³-hybridized carbons (Fsp3) is 0.444. The molecule has 0 unspecified atom stereocenters. The lowest BCUT2D eigenvalue weighted by Gasteiger charge is -2.45. The second-order valence-electron chi connectivity index (χ2n) is 10.2. The van der Waals surface area contributed by atoms with Gasteiger partial charge < -0.3 is 74.4 Å². The number of aliphatic hydroxyl groups excluding tert-OH is 6. The van der Waals surface area contributed by atoms with Crippen molar-refractivity contribution >= 4 is 11.0 Å². The monoisotopic (exact) mass is 610 g/mol. The Bertz CT molecular complexity index is 1520. The minimum Gasteiger partial charge on any atom is -0.508 e. The zero-order valence-corrected chi connectivity index (χ0v) is 22.3. The zero-order valence-electron chi connectivity index (χ0n) is 22.3. The maximum absolute atomic E-state index is 12.9. The normalized spacial score (nSPS) is 33.0. The first-order chi connectivity index (χ1) is 20.3. The molecule has 0 spiro atoms. The third-order valence-corrected chi connectivity index (χ3v) is 7.35. The van der Waals surface area contributed by atoms with E-state index >= 15 is 0 Å². The standard InChI is InChI=1S/C27H30O16/c1-8-15(31)25(43-26-21(37)19(35)16(32)13(7-28)41-26)22(38)27(39-8)40-12-6-11(30)14-18(34)20(36)23(42-24(14)17(12)33)9-2-4-10(29)5-3-9/h2-6,8,13,15-16,19,21-22,25-33,35-38H,7H2,1H3/t8-,13+,15-,16+,19-,21+,22-,25-,26-,27-/m0/s1. The summed E-state index contributed by atoms with van der Waals surface area (Å²) in [6, 6.07) is 5.97. The molecule has 10 atom stereocenters. The molecule has 0 amide bonds. The van der Waals surface area contributed by atoms with E-state index in [-0.39, 0.29) is 11.3 Å². The van der Waals surface area contributed by atoms with Crippen LogP contribution in [0.25, 0.3) is 22.3 Å². The summed E-state index contributed by atoms with van der Waals surface area (Å²) in [6.07, 6.45) is -16.3. The van der Waals surface area contributed by atoms with Gasteiger partial charge in [0.05, 0.1) is 12.7 Å². The molecule has 2 saturated heterocycles. The Morgan fingerprint density at radius 3 is 2.14 bits per heavy atom. The van der Waals surface area contributed by atoms with Crippen LogP contribution in [0.4, 0.5) is 0 Å². The van der Waals surface area contributed by atoms with Gasteiger partial charge in [-0.05, 0) is 31.2 Å². The lowest BCUT2D eigenvalue weighted by molar-refractivity contribution is -0.350. The number of phenols is 3. The van der Waals surface area contributed by atoms with Crippen LogP contribution >= 0.6 is 0 Å². The molecule has 10 N–H and O–H groups in total. The van der Waals surface area contributed by atoms with Crippen molar-refractivity contribution in [3.05, 3.63) is 40.6 Å². The van der Waals surface area contributed by atoms with Crippen LogP contribution in [0.5, 0.6) is 28.7 Å². The van der Waals surface area contributed by atoms with Gasteiger partial charge in [0.25, 0.3) is 0 Å². The molecule has 2 aliphatic rings. The highest BCUT2D eigenvalue weighted by molar-refractivity contribution is 5.93. The summed E-state index contributed by atoms with van der Waals surface area (Å²) < 4.78 is 27.5. The highest BCUT2D eigenvalue weighted by atomic mass is 16.7. The molecule has 1 aromatic heterocycles. The molecule has 0 saturated carbocycles. The van der Waals surface area contributed by atoms with Crippen molar-refractivity contribution in [2.75, 3.05) is 6.61 Å². The van der Waals surface area contributed by atoms with Gasteiger partial charge in [0, 0.05) is 11.6 Å². The maximum Gasteiger partial charge on any atom is 0.238 e. The van der Waals surface area contributed by atoms with Gasteiger partial charge in [0.2, 0.25) is 23.2 Å². The predicted molar refractivity (Wildman–Crippen MR) is 140 cm³/mol. The fourth-order valence-corrected chi connectivity index (χ4v) is 4.92. The maximum atomic E-state index is 12.9. The molecular weight excluding hydrogens is 580 g/mol. The number of rotatable bonds is 6. The Balaban J connectivity index is 1.46. The Morgan fingerprint density at radius 2 is 1.49 bits per heavy atom. The van der Waals surface area contributed by atoms with E-state index in [1.807, 2.05) is 0 Å². The minimum absolute atomic E-state index is 0.109. The SMILES string of the molecule is C[C@@H]1O[C@@H](Oc2cc(O)c3c(=O)c(O)c(-c4ccc(O)cc4)oc3c2O)[C@@H](O)[C@@H](O[C@@H]2O[C@H](CO)[C@@H](O)[C@H](O)[C@H]2O)[C@H]1O. The molecule has 0 bridgehead atoms. The van der Waals surface area contributed by atoms with Gasteiger partial charge in [0.15, 0.2) is 23.4 Å². The van der Waals surface area contributed by atoms with Crippen molar-refractivity contribution in [3.8, 4) is 40.1 Å². The Kier molecular flexibility index (Phi) is 8.41. The molecule has 2 aromatic carbocycles. The van der Waals surface area contributed by atoms with Crippen LogP contribution < -0.4 is 10.2 Å². The average Bonchev–Trinajstić information content (AvgIpc) is 2.98. The van der Waals surface area contributed by atoms with E-state index in [1.54, 1.807) is 0 Å². The molecule has 234 valence electrons. The average molecular weight is 611 g/mol. The summed E-state index contributed by atoms with van der Waals surface area (Å²) in [4.78, 5) is 12.9. The fourth-order valence-electron chi connectivity index (χ4n) is 4.92. The van der Waals surface area contributed by atoms with Crippen LogP contribution in [0.3, 0.4) is 0 Å². The molecule has 5 rings (SSSR count). The molecular formula is C27H30O16. The van der Waals surface area contributed by atoms with E-state index in [9.17, 15) is 55.9 Å². The van der Waals surface area contributed by atoms with E-state index in [1.165, 1.54) is 31.2 Å². The van der Waals surface area contributed by atoms with E-state index in [4.69, 9.17) is 23.4 Å². The summed E-state index contributed by atoms with van der Waals surface area (Å²) in [6.45, 7) is 0.624. The largest absolute Gasteiger partial charge is 0.508 e. The molecule has 16 nitrogen and oxygen atoms in total. The second-order valence-corrected chi connectivity index (χ2v) is 10.2. The molecule has 3 aromatic rings. The Morgan fingerprint density at radius 1 is 0.814 bits per heavy atom. The van der Waals surface area contributed by atoms with Gasteiger partial charge in [-0.15, -0.1) is 0 Å². The van der Waals surface area contributed by atoms with Gasteiger partial charge >= 0.3 is 0 Å². The van der Waals surface area contributed by atoms with Crippen LogP contribution in [0.2, 0.25) is 0 Å². The number of phenolic OH excluding ortho intramolecular Hbond substituents is 3. The van der Waals surface area contributed by atoms with Crippen LogP contribution in [-0.2, 0) is 14.2 Å². The van der Waals surface area contributed by atoms with E-state index < -0.39 is 113 Å². The van der Waals surface area contributed by atoms with E-state index in [0.717, 1.165) is 6.07 Å². The number of hydrogen-bond donors (Lipinski definition) is 10. The molecule has 16 heteroatoms. The topological polar surface area (TPSA) is 269 Å². The van der Waals surface area contributed by atoms with Crippen molar-refractivity contribution < 1.29 is 74.4 Å². The molecule has 2 fully saturated rings.